The van der Waals surface area contributed by atoms with E-state index in [0.717, 1.165) is 25.7 Å². The van der Waals surface area contributed by atoms with Crippen molar-refractivity contribution in [2.45, 2.75) is 92.9 Å². The normalized spacial score (nSPS) is 12.2. The summed E-state index contributed by atoms with van der Waals surface area (Å²) in [7, 11) is 0. The van der Waals surface area contributed by atoms with Gasteiger partial charge in [-0.05, 0) is 38.5 Å². The van der Waals surface area contributed by atoms with Crippen molar-refractivity contribution in [1.29, 1.82) is 0 Å². The number of hydrogen-bond acceptors (Lipinski definition) is 4. The second-order valence-corrected chi connectivity index (χ2v) is 7.59. The van der Waals surface area contributed by atoms with Crippen LogP contribution < -0.4 is 0 Å². The van der Waals surface area contributed by atoms with E-state index in [9.17, 15) is 9.59 Å². The molecule has 4 heteroatoms. The van der Waals surface area contributed by atoms with Crippen LogP contribution in [0.5, 0.6) is 0 Å². The molecule has 2 atom stereocenters. The molecule has 2 unspecified atom stereocenters. The molecule has 0 rings (SSSR count). The summed E-state index contributed by atoms with van der Waals surface area (Å²) in [5, 5.41) is 0. The van der Waals surface area contributed by atoms with Crippen molar-refractivity contribution in [3.05, 3.63) is 24.3 Å². The van der Waals surface area contributed by atoms with Crippen LogP contribution in [0.4, 0.5) is 0 Å². The van der Waals surface area contributed by atoms with Crippen LogP contribution in [0.3, 0.4) is 0 Å². The van der Waals surface area contributed by atoms with Gasteiger partial charge in [0.15, 0.2) is 0 Å². The van der Waals surface area contributed by atoms with Crippen LogP contribution in [0.2, 0.25) is 0 Å². The molecule has 0 aromatic heterocycles. The van der Waals surface area contributed by atoms with E-state index in [4.69, 9.17) is 9.47 Å². The van der Waals surface area contributed by atoms with Crippen molar-refractivity contribution in [1.82, 2.24) is 0 Å². The SMILES string of the molecule is C=C(C)C(=O)OCC(CC)CCCC.C=C(C)C(=O)OCC(CC)CCCC. The van der Waals surface area contributed by atoms with Gasteiger partial charge in [0.1, 0.15) is 0 Å². The Kier molecular flexibility index (Phi) is 19.2. The highest BCUT2D eigenvalue weighted by molar-refractivity contribution is 5.87. The third kappa shape index (κ3) is 16.6. The number of esters is 2. The molecule has 28 heavy (non-hydrogen) atoms. The average Bonchev–Trinajstić information content (AvgIpc) is 2.68. The van der Waals surface area contributed by atoms with Crippen LogP contribution >= 0.6 is 0 Å². The predicted molar refractivity (Wildman–Crippen MR) is 118 cm³/mol. The Morgan fingerprint density at radius 3 is 1.25 bits per heavy atom. The van der Waals surface area contributed by atoms with Crippen LogP contribution in [-0.4, -0.2) is 25.2 Å². The molecular weight excluding hydrogens is 352 g/mol. The number of ether oxygens (including phenoxy) is 2. The van der Waals surface area contributed by atoms with E-state index in [1.54, 1.807) is 13.8 Å². The Bertz CT molecular complexity index is 412. The van der Waals surface area contributed by atoms with Crippen LogP contribution in [-0.2, 0) is 19.1 Å². The standard InChI is InChI=1S/2C12H22O2/c2*1-5-7-8-11(6-2)9-14-12(13)10(3)4/h2*11H,3,5-9H2,1-2,4H3. The lowest BCUT2D eigenvalue weighted by atomic mass is 10.0. The third-order valence-corrected chi connectivity index (χ3v) is 4.68. The second-order valence-electron chi connectivity index (χ2n) is 7.59. The number of unbranched alkanes of at least 4 members (excludes halogenated alkanes) is 2. The summed E-state index contributed by atoms with van der Waals surface area (Å²) in [5.41, 5.74) is 0.964. The van der Waals surface area contributed by atoms with E-state index in [1.165, 1.54) is 25.7 Å². The summed E-state index contributed by atoms with van der Waals surface area (Å²) in [5.74, 6) is 0.497. The zero-order chi connectivity index (χ0) is 21.9. The third-order valence-electron chi connectivity index (χ3n) is 4.68. The first-order valence-corrected chi connectivity index (χ1v) is 10.9. The summed E-state index contributed by atoms with van der Waals surface area (Å²) >= 11 is 0. The number of rotatable bonds is 14. The van der Waals surface area contributed by atoms with Crippen molar-refractivity contribution < 1.29 is 19.1 Å². The molecule has 0 bridgehead atoms. The van der Waals surface area contributed by atoms with E-state index in [0.29, 0.717) is 36.2 Å². The highest BCUT2D eigenvalue weighted by Crippen LogP contribution is 2.14. The monoisotopic (exact) mass is 396 g/mol. The van der Waals surface area contributed by atoms with Crippen LogP contribution in [0.25, 0.3) is 0 Å². The van der Waals surface area contributed by atoms with Gasteiger partial charge in [-0.25, -0.2) is 9.59 Å². The van der Waals surface area contributed by atoms with Gasteiger partial charge in [0.05, 0.1) is 13.2 Å². The van der Waals surface area contributed by atoms with Gasteiger partial charge in [-0.3, -0.25) is 0 Å². The Morgan fingerprint density at radius 2 is 1.04 bits per heavy atom. The highest BCUT2D eigenvalue weighted by atomic mass is 16.5. The van der Waals surface area contributed by atoms with E-state index in [1.807, 2.05) is 0 Å². The molecule has 0 radical (unpaired) electrons. The fraction of sp³-hybridized carbons (Fsp3) is 0.750. The lowest BCUT2D eigenvalue weighted by Crippen LogP contribution is -2.14. The van der Waals surface area contributed by atoms with Crippen molar-refractivity contribution >= 4 is 11.9 Å². The zero-order valence-electron chi connectivity index (χ0n) is 19.3. The first kappa shape index (κ1) is 28.6. The molecule has 0 aromatic rings. The molecule has 0 aliphatic rings. The molecule has 0 spiro atoms. The quantitative estimate of drug-likeness (QED) is 0.244. The van der Waals surface area contributed by atoms with Gasteiger partial charge in [-0.1, -0.05) is 79.4 Å². The first-order valence-electron chi connectivity index (χ1n) is 10.9. The summed E-state index contributed by atoms with van der Waals surface area (Å²) in [6.45, 7) is 20.1. The molecule has 0 fully saturated rings. The van der Waals surface area contributed by atoms with Gasteiger partial charge in [0.25, 0.3) is 0 Å². The maximum absolute atomic E-state index is 11.1. The highest BCUT2D eigenvalue weighted by Gasteiger charge is 2.10. The van der Waals surface area contributed by atoms with Crippen molar-refractivity contribution in [3.8, 4) is 0 Å². The fourth-order valence-electron chi connectivity index (χ4n) is 2.43. The van der Waals surface area contributed by atoms with Gasteiger partial charge >= 0.3 is 11.9 Å². The van der Waals surface area contributed by atoms with Gasteiger partial charge in [0, 0.05) is 11.1 Å². The lowest BCUT2D eigenvalue weighted by molar-refractivity contribution is -0.141. The van der Waals surface area contributed by atoms with E-state index >= 15 is 0 Å². The summed E-state index contributed by atoms with van der Waals surface area (Å²) < 4.78 is 10.2. The lowest BCUT2D eigenvalue weighted by Gasteiger charge is -2.14. The molecule has 0 amide bonds. The maximum Gasteiger partial charge on any atom is 0.333 e. The van der Waals surface area contributed by atoms with Crippen molar-refractivity contribution in [2.75, 3.05) is 13.2 Å². The number of hydrogen-bond donors (Lipinski definition) is 0. The smallest absolute Gasteiger partial charge is 0.333 e. The minimum absolute atomic E-state index is 0.264. The second kappa shape index (κ2) is 18.8. The topological polar surface area (TPSA) is 52.6 Å². The summed E-state index contributed by atoms with van der Waals surface area (Å²) in [6.07, 6.45) is 9.27. The van der Waals surface area contributed by atoms with E-state index < -0.39 is 0 Å². The van der Waals surface area contributed by atoms with Crippen molar-refractivity contribution in [3.63, 3.8) is 0 Å². The molecule has 0 aromatic carbocycles. The number of carbonyl (C=O) groups is 2. The summed E-state index contributed by atoms with van der Waals surface area (Å²) in [4.78, 5) is 22.2. The van der Waals surface area contributed by atoms with Crippen molar-refractivity contribution in [2.24, 2.45) is 11.8 Å². The van der Waals surface area contributed by atoms with Crippen LogP contribution in [0.1, 0.15) is 92.9 Å². The Morgan fingerprint density at radius 1 is 0.714 bits per heavy atom. The van der Waals surface area contributed by atoms with E-state index in [-0.39, 0.29) is 11.9 Å². The van der Waals surface area contributed by atoms with Gasteiger partial charge < -0.3 is 9.47 Å². The zero-order valence-corrected chi connectivity index (χ0v) is 19.3. The molecule has 0 heterocycles. The Balaban J connectivity index is 0. The maximum atomic E-state index is 11.1. The number of carbonyl (C=O) groups excluding carboxylic acids is 2. The Labute approximate surface area is 173 Å². The van der Waals surface area contributed by atoms with Crippen LogP contribution in [0, 0.1) is 11.8 Å². The molecule has 0 aliphatic carbocycles. The average molecular weight is 397 g/mol. The molecular formula is C24H44O4. The predicted octanol–water partition coefficient (Wildman–Crippen LogP) is 6.64. The molecule has 0 N–H and O–H groups in total. The van der Waals surface area contributed by atoms with Gasteiger partial charge in [-0.15, -0.1) is 0 Å². The first-order chi connectivity index (χ1) is 13.2. The summed E-state index contributed by atoms with van der Waals surface area (Å²) in [6, 6.07) is 0. The molecule has 164 valence electrons. The minimum atomic E-state index is -0.264. The minimum Gasteiger partial charge on any atom is -0.462 e. The molecule has 0 saturated heterocycles. The molecule has 0 aliphatic heterocycles. The molecule has 4 nitrogen and oxygen atoms in total. The largest absolute Gasteiger partial charge is 0.462 e. The fourth-order valence-corrected chi connectivity index (χ4v) is 2.43. The molecule has 0 saturated carbocycles. The van der Waals surface area contributed by atoms with Gasteiger partial charge in [0.2, 0.25) is 0 Å². The van der Waals surface area contributed by atoms with E-state index in [2.05, 4.69) is 40.9 Å². The van der Waals surface area contributed by atoms with Crippen LogP contribution in [0.15, 0.2) is 24.3 Å². The van der Waals surface area contributed by atoms with Gasteiger partial charge in [-0.2, -0.15) is 0 Å². The Hall–Kier alpha value is -1.58.